The Morgan fingerprint density at radius 1 is 1.38 bits per heavy atom. The van der Waals surface area contributed by atoms with Crippen LogP contribution in [0.4, 0.5) is 0 Å². The van der Waals surface area contributed by atoms with Crippen LogP contribution < -0.4 is 0 Å². The molecule has 0 saturated carbocycles. The summed E-state index contributed by atoms with van der Waals surface area (Å²) in [5.41, 5.74) is 0.353. The van der Waals surface area contributed by atoms with E-state index in [9.17, 15) is 0 Å². The summed E-state index contributed by atoms with van der Waals surface area (Å²) < 4.78 is 5.77. The van der Waals surface area contributed by atoms with Gasteiger partial charge >= 0.3 is 0 Å². The minimum Gasteiger partial charge on any atom is -0.378 e. The summed E-state index contributed by atoms with van der Waals surface area (Å²) in [6.07, 6.45) is 3.94. The quantitative estimate of drug-likeness (QED) is 0.626. The molecule has 2 heteroatoms. The molecule has 2 unspecified atom stereocenters. The third-order valence-electron chi connectivity index (χ3n) is 2.59. The highest BCUT2D eigenvalue weighted by Crippen LogP contribution is 2.31. The van der Waals surface area contributed by atoms with E-state index in [0.717, 1.165) is 18.9 Å². The zero-order valence-electron chi connectivity index (χ0n) is 8.98. The van der Waals surface area contributed by atoms with Crippen LogP contribution in [0.2, 0.25) is 0 Å². The standard InChI is InChI=1S/C11H21ClO/c1-11(2,3)7-10-9(8-12)5-4-6-13-10/h9-10H,4-8H2,1-3H3. The van der Waals surface area contributed by atoms with Crippen LogP contribution in [0.25, 0.3) is 0 Å². The lowest BCUT2D eigenvalue weighted by Gasteiger charge is -2.34. The molecule has 1 aliphatic rings. The summed E-state index contributed by atoms with van der Waals surface area (Å²) >= 11 is 5.92. The molecule has 78 valence electrons. The zero-order valence-corrected chi connectivity index (χ0v) is 9.73. The van der Waals surface area contributed by atoms with Crippen molar-refractivity contribution in [2.45, 2.75) is 46.1 Å². The fourth-order valence-corrected chi connectivity index (χ4v) is 2.26. The van der Waals surface area contributed by atoms with Gasteiger partial charge in [-0.25, -0.2) is 0 Å². The fourth-order valence-electron chi connectivity index (χ4n) is 1.91. The van der Waals surface area contributed by atoms with Gasteiger partial charge in [-0.3, -0.25) is 0 Å². The van der Waals surface area contributed by atoms with Crippen LogP contribution in [0.15, 0.2) is 0 Å². The molecule has 0 amide bonds. The predicted molar refractivity (Wildman–Crippen MR) is 57.3 cm³/mol. The van der Waals surface area contributed by atoms with Gasteiger partial charge in [0, 0.05) is 12.5 Å². The maximum atomic E-state index is 5.92. The molecule has 0 aromatic rings. The second-order valence-electron chi connectivity index (χ2n) is 5.23. The number of alkyl halides is 1. The fraction of sp³-hybridized carbons (Fsp3) is 1.00. The van der Waals surface area contributed by atoms with Crippen molar-refractivity contribution >= 4 is 11.6 Å². The molecule has 1 fully saturated rings. The van der Waals surface area contributed by atoms with Crippen molar-refractivity contribution < 1.29 is 4.74 Å². The van der Waals surface area contributed by atoms with Crippen molar-refractivity contribution in [2.24, 2.45) is 11.3 Å². The molecule has 1 nitrogen and oxygen atoms in total. The molecule has 0 N–H and O–H groups in total. The Kier molecular flexibility index (Phi) is 4.06. The summed E-state index contributed by atoms with van der Waals surface area (Å²) in [4.78, 5) is 0. The predicted octanol–water partition coefficient (Wildman–Crippen LogP) is 3.46. The van der Waals surface area contributed by atoms with E-state index >= 15 is 0 Å². The van der Waals surface area contributed by atoms with Gasteiger partial charge < -0.3 is 4.74 Å². The second kappa shape index (κ2) is 4.65. The maximum Gasteiger partial charge on any atom is 0.0619 e. The molecule has 1 aliphatic heterocycles. The first-order valence-electron chi connectivity index (χ1n) is 5.20. The number of hydrogen-bond acceptors (Lipinski definition) is 1. The summed E-state index contributed by atoms with van der Waals surface area (Å²) in [5, 5.41) is 0. The van der Waals surface area contributed by atoms with Crippen molar-refractivity contribution in [2.75, 3.05) is 12.5 Å². The highest BCUT2D eigenvalue weighted by Gasteiger charge is 2.28. The van der Waals surface area contributed by atoms with E-state index in [1.165, 1.54) is 12.8 Å². The van der Waals surface area contributed by atoms with E-state index in [0.29, 0.717) is 17.4 Å². The molecule has 1 saturated heterocycles. The maximum absolute atomic E-state index is 5.92. The van der Waals surface area contributed by atoms with Crippen LogP contribution >= 0.6 is 11.6 Å². The Labute approximate surface area is 86.8 Å². The lowest BCUT2D eigenvalue weighted by atomic mass is 9.82. The van der Waals surface area contributed by atoms with E-state index in [4.69, 9.17) is 16.3 Å². The molecule has 0 aromatic heterocycles. The Morgan fingerprint density at radius 2 is 2.08 bits per heavy atom. The number of hydrogen-bond donors (Lipinski definition) is 0. The van der Waals surface area contributed by atoms with Crippen LogP contribution in [0.5, 0.6) is 0 Å². The van der Waals surface area contributed by atoms with Gasteiger partial charge in [-0.15, -0.1) is 11.6 Å². The summed E-state index contributed by atoms with van der Waals surface area (Å²) in [7, 11) is 0. The van der Waals surface area contributed by atoms with Gasteiger partial charge in [-0.05, 0) is 30.6 Å². The van der Waals surface area contributed by atoms with Crippen LogP contribution in [-0.2, 0) is 4.74 Å². The molecule has 0 spiro atoms. The van der Waals surface area contributed by atoms with Crippen molar-refractivity contribution in [3.8, 4) is 0 Å². The zero-order chi connectivity index (χ0) is 9.90. The van der Waals surface area contributed by atoms with Crippen LogP contribution in [0.3, 0.4) is 0 Å². The second-order valence-corrected chi connectivity index (χ2v) is 5.54. The normalized spacial score (nSPS) is 30.5. The average molecular weight is 205 g/mol. The summed E-state index contributed by atoms with van der Waals surface area (Å²) in [6, 6.07) is 0. The Morgan fingerprint density at radius 3 is 2.62 bits per heavy atom. The Bertz CT molecular complexity index is 151. The molecule has 1 rings (SSSR count). The van der Waals surface area contributed by atoms with E-state index in [2.05, 4.69) is 20.8 Å². The van der Waals surface area contributed by atoms with Gasteiger partial charge in [0.15, 0.2) is 0 Å². The van der Waals surface area contributed by atoms with E-state index in [1.54, 1.807) is 0 Å². The number of rotatable bonds is 2. The average Bonchev–Trinajstić information content (AvgIpc) is 2.02. The van der Waals surface area contributed by atoms with Gasteiger partial charge in [0.2, 0.25) is 0 Å². The van der Waals surface area contributed by atoms with Crippen molar-refractivity contribution in [1.82, 2.24) is 0 Å². The topological polar surface area (TPSA) is 9.23 Å². The monoisotopic (exact) mass is 204 g/mol. The van der Waals surface area contributed by atoms with Crippen molar-refractivity contribution in [1.29, 1.82) is 0 Å². The van der Waals surface area contributed by atoms with Crippen LogP contribution in [-0.4, -0.2) is 18.6 Å². The van der Waals surface area contributed by atoms with Crippen molar-refractivity contribution in [3.63, 3.8) is 0 Å². The number of halogens is 1. The van der Waals surface area contributed by atoms with Gasteiger partial charge in [0.25, 0.3) is 0 Å². The molecule has 2 atom stereocenters. The minimum atomic E-state index is 0.353. The molecule has 0 aliphatic carbocycles. The molecule has 0 aromatic carbocycles. The Balaban J connectivity index is 2.45. The van der Waals surface area contributed by atoms with E-state index in [-0.39, 0.29) is 0 Å². The van der Waals surface area contributed by atoms with Gasteiger partial charge in [-0.2, -0.15) is 0 Å². The smallest absolute Gasteiger partial charge is 0.0619 e. The minimum absolute atomic E-state index is 0.353. The largest absolute Gasteiger partial charge is 0.378 e. The SMILES string of the molecule is CC(C)(C)CC1OCCCC1CCl. The lowest BCUT2D eigenvalue weighted by Crippen LogP contribution is -2.34. The molecule has 13 heavy (non-hydrogen) atoms. The summed E-state index contributed by atoms with van der Waals surface area (Å²) in [6.45, 7) is 7.71. The highest BCUT2D eigenvalue weighted by molar-refractivity contribution is 6.18. The third-order valence-corrected chi connectivity index (χ3v) is 2.99. The lowest BCUT2D eigenvalue weighted by molar-refractivity contribution is -0.0397. The summed E-state index contributed by atoms with van der Waals surface area (Å²) in [5.74, 6) is 1.33. The van der Waals surface area contributed by atoms with E-state index < -0.39 is 0 Å². The van der Waals surface area contributed by atoms with Gasteiger partial charge in [-0.1, -0.05) is 20.8 Å². The van der Waals surface area contributed by atoms with Crippen molar-refractivity contribution in [3.05, 3.63) is 0 Å². The van der Waals surface area contributed by atoms with Crippen LogP contribution in [0, 0.1) is 11.3 Å². The van der Waals surface area contributed by atoms with E-state index in [1.807, 2.05) is 0 Å². The van der Waals surface area contributed by atoms with Crippen LogP contribution in [0.1, 0.15) is 40.0 Å². The van der Waals surface area contributed by atoms with Gasteiger partial charge in [0.1, 0.15) is 0 Å². The molecule has 0 radical (unpaired) electrons. The first-order chi connectivity index (χ1) is 6.03. The molecule has 0 bridgehead atoms. The molecular formula is C11H21ClO. The first-order valence-corrected chi connectivity index (χ1v) is 5.74. The number of ether oxygens (including phenoxy) is 1. The highest BCUT2D eigenvalue weighted by atomic mass is 35.5. The third kappa shape index (κ3) is 3.86. The Hall–Kier alpha value is 0.250. The van der Waals surface area contributed by atoms with Gasteiger partial charge in [0.05, 0.1) is 6.10 Å². The molecule has 1 heterocycles. The molecular weight excluding hydrogens is 184 g/mol. The first kappa shape index (κ1) is 11.3.